The summed E-state index contributed by atoms with van der Waals surface area (Å²) in [5, 5.41) is 4.59. The van der Waals surface area contributed by atoms with Crippen LogP contribution in [0.2, 0.25) is 5.02 Å². The monoisotopic (exact) mass is 442 g/mol. The molecule has 2 aromatic rings. The third-order valence-corrected chi connectivity index (χ3v) is 7.81. The van der Waals surface area contributed by atoms with Gasteiger partial charge in [0.1, 0.15) is 10.6 Å². The zero-order chi connectivity index (χ0) is 20.6. The minimum atomic E-state index is -4.64. The second-order valence-corrected chi connectivity index (χ2v) is 9.55. The van der Waals surface area contributed by atoms with E-state index in [4.69, 9.17) is 11.6 Å². The molecule has 1 aromatic carbocycles. The number of hydrazone groups is 1. The number of nitrogens with zero attached hydrogens (tertiary/aromatic N) is 3. The first-order valence-corrected chi connectivity index (χ1v) is 10.6. The average Bonchev–Trinajstić information content (AvgIpc) is 3.23. The van der Waals surface area contributed by atoms with Crippen LogP contribution in [0, 0.1) is 5.92 Å². The Morgan fingerprint density at radius 1 is 1.17 bits per heavy atom. The fourth-order valence-corrected chi connectivity index (χ4v) is 6.42. The molecule has 1 N–H and O–H groups in total. The molecule has 29 heavy (non-hydrogen) atoms. The van der Waals surface area contributed by atoms with Gasteiger partial charge in [0.05, 0.1) is 18.1 Å². The smallest absolute Gasteiger partial charge is 0.307 e. The van der Waals surface area contributed by atoms with Gasteiger partial charge >= 0.3 is 6.18 Å². The quantitative estimate of drug-likeness (QED) is 0.772. The highest BCUT2D eigenvalue weighted by atomic mass is 35.5. The Labute approximate surface area is 169 Å². The Bertz CT molecular complexity index is 1120. The minimum Gasteiger partial charge on any atom is -0.307 e. The summed E-state index contributed by atoms with van der Waals surface area (Å²) in [4.78, 5) is 3.04. The van der Waals surface area contributed by atoms with Crippen molar-refractivity contribution in [2.75, 3.05) is 0 Å². The molecule has 4 atom stereocenters. The molecule has 0 amide bonds. The number of benzene rings is 1. The zero-order valence-corrected chi connectivity index (χ0v) is 16.2. The second kappa shape index (κ2) is 6.16. The molecule has 0 saturated carbocycles. The molecule has 0 spiro atoms. The van der Waals surface area contributed by atoms with E-state index in [1.165, 1.54) is 4.31 Å². The van der Waals surface area contributed by atoms with Crippen molar-refractivity contribution in [2.45, 2.75) is 35.6 Å². The van der Waals surface area contributed by atoms with E-state index in [9.17, 15) is 21.6 Å². The van der Waals surface area contributed by atoms with E-state index in [0.717, 1.165) is 23.4 Å². The molecule has 4 unspecified atom stereocenters. The molecular weight excluding hydrogens is 429 g/mol. The molecule has 1 saturated heterocycles. The van der Waals surface area contributed by atoms with Gasteiger partial charge in [0, 0.05) is 23.4 Å². The van der Waals surface area contributed by atoms with Crippen LogP contribution in [0.1, 0.15) is 35.3 Å². The van der Waals surface area contributed by atoms with E-state index in [1.807, 2.05) is 6.07 Å². The Balaban J connectivity index is 1.61. The van der Waals surface area contributed by atoms with E-state index in [1.54, 1.807) is 18.3 Å². The van der Waals surface area contributed by atoms with Crippen molar-refractivity contribution in [1.82, 2.24) is 14.7 Å². The van der Waals surface area contributed by atoms with Crippen molar-refractivity contribution in [3.05, 3.63) is 58.4 Å². The fraction of sp³-hybridized carbons (Fsp3) is 0.333. The third kappa shape index (κ3) is 2.77. The number of halogens is 4. The summed E-state index contributed by atoms with van der Waals surface area (Å²) in [7, 11) is -4.11. The lowest BCUT2D eigenvalue weighted by Crippen LogP contribution is -2.47. The van der Waals surface area contributed by atoms with Gasteiger partial charge in [0.15, 0.2) is 0 Å². The van der Waals surface area contributed by atoms with Gasteiger partial charge < -0.3 is 5.43 Å². The predicted molar refractivity (Wildman–Crippen MR) is 98.7 cm³/mol. The summed E-state index contributed by atoms with van der Waals surface area (Å²) in [5.41, 5.74) is 3.54. The van der Waals surface area contributed by atoms with Gasteiger partial charge in [-0.05, 0) is 41.8 Å². The molecule has 3 aliphatic heterocycles. The lowest BCUT2D eigenvalue weighted by Gasteiger charge is -2.40. The Hall–Kier alpha value is -2.17. The van der Waals surface area contributed by atoms with Crippen LogP contribution in [-0.4, -0.2) is 30.0 Å². The molecule has 6 nitrogen and oxygen atoms in total. The van der Waals surface area contributed by atoms with Crippen molar-refractivity contribution in [3.8, 4) is 0 Å². The van der Waals surface area contributed by atoms with Crippen molar-refractivity contribution in [2.24, 2.45) is 11.0 Å². The lowest BCUT2D eigenvalue weighted by molar-refractivity contribution is -0.141. The summed E-state index contributed by atoms with van der Waals surface area (Å²) >= 11 is 6.16. The molecule has 0 radical (unpaired) electrons. The number of alkyl halides is 3. The highest BCUT2D eigenvalue weighted by Gasteiger charge is 2.55. The molecule has 3 aliphatic rings. The Morgan fingerprint density at radius 3 is 2.66 bits per heavy atom. The third-order valence-electron chi connectivity index (χ3n) is 5.70. The molecule has 1 aromatic heterocycles. The summed E-state index contributed by atoms with van der Waals surface area (Å²) in [5.74, 6) is -0.205. The fourth-order valence-electron chi connectivity index (χ4n) is 4.49. The lowest BCUT2D eigenvalue weighted by atomic mass is 9.87. The molecule has 2 bridgehead atoms. The van der Waals surface area contributed by atoms with Crippen LogP contribution in [0.5, 0.6) is 0 Å². The summed E-state index contributed by atoms with van der Waals surface area (Å²) in [6.45, 7) is 0. The van der Waals surface area contributed by atoms with E-state index in [0.29, 0.717) is 17.5 Å². The van der Waals surface area contributed by atoms with Gasteiger partial charge in [-0.15, -0.1) is 0 Å². The van der Waals surface area contributed by atoms with Crippen LogP contribution in [0.25, 0.3) is 0 Å². The number of sulfonamides is 1. The largest absolute Gasteiger partial charge is 0.433 e. The normalized spacial score (nSPS) is 28.1. The number of hydrogen-bond donors (Lipinski definition) is 1. The maximum Gasteiger partial charge on any atom is 0.433 e. The van der Waals surface area contributed by atoms with Crippen LogP contribution in [-0.2, 0) is 16.2 Å². The van der Waals surface area contributed by atoms with Gasteiger partial charge in [0.25, 0.3) is 0 Å². The van der Waals surface area contributed by atoms with E-state index >= 15 is 0 Å². The standard InChI is InChI=1S/C18H14ClF3N4O2S/c19-9-1-3-11-12(5-9)17-13-8-24-25-14(13)6-15(11)26(17)29(27,28)10-2-4-16(23-7-10)18(20,21)22/h1-5,7-8,13-15,17,25H,6H2. The molecular formula is C18H14ClF3N4O2S. The van der Waals surface area contributed by atoms with Crippen LogP contribution in [0.3, 0.4) is 0 Å². The summed E-state index contributed by atoms with van der Waals surface area (Å²) in [6.07, 6.45) is -1.70. The maximum absolute atomic E-state index is 13.5. The van der Waals surface area contributed by atoms with E-state index in [-0.39, 0.29) is 16.9 Å². The van der Waals surface area contributed by atoms with Gasteiger partial charge in [-0.2, -0.15) is 22.6 Å². The van der Waals surface area contributed by atoms with Gasteiger partial charge in [-0.3, -0.25) is 4.98 Å². The van der Waals surface area contributed by atoms with E-state index in [2.05, 4.69) is 15.5 Å². The Kier molecular flexibility index (Phi) is 4.00. The second-order valence-electron chi connectivity index (χ2n) is 7.27. The topological polar surface area (TPSA) is 74.7 Å². The highest BCUT2D eigenvalue weighted by molar-refractivity contribution is 7.89. The highest BCUT2D eigenvalue weighted by Crippen LogP contribution is 2.56. The van der Waals surface area contributed by atoms with Crippen LogP contribution < -0.4 is 5.43 Å². The first-order chi connectivity index (χ1) is 13.7. The number of aromatic nitrogens is 1. The van der Waals surface area contributed by atoms with Crippen molar-refractivity contribution in [3.63, 3.8) is 0 Å². The van der Waals surface area contributed by atoms with Crippen LogP contribution in [0.4, 0.5) is 13.2 Å². The summed E-state index contributed by atoms with van der Waals surface area (Å²) in [6, 6.07) is 5.89. The van der Waals surface area contributed by atoms with Crippen molar-refractivity contribution < 1.29 is 21.6 Å². The molecule has 4 heterocycles. The van der Waals surface area contributed by atoms with Crippen LogP contribution in [0.15, 0.2) is 46.5 Å². The first-order valence-electron chi connectivity index (χ1n) is 8.83. The minimum absolute atomic E-state index is 0.0200. The predicted octanol–water partition coefficient (Wildman–Crippen LogP) is 3.52. The van der Waals surface area contributed by atoms with E-state index < -0.39 is 34.0 Å². The molecule has 0 aliphatic carbocycles. The number of nitrogens with one attached hydrogen (secondary N) is 1. The number of piperidine rings is 1. The maximum atomic E-state index is 13.5. The number of rotatable bonds is 2. The molecule has 11 heteroatoms. The average molecular weight is 443 g/mol. The first kappa shape index (κ1) is 18.8. The van der Waals surface area contributed by atoms with Gasteiger partial charge in [-0.1, -0.05) is 17.7 Å². The number of pyridine rings is 1. The van der Waals surface area contributed by atoms with Crippen LogP contribution >= 0.6 is 11.6 Å². The number of fused-ring (bicyclic) bond motifs is 7. The van der Waals surface area contributed by atoms with Crippen molar-refractivity contribution >= 4 is 27.8 Å². The SMILES string of the molecule is O=S(=O)(c1ccc(C(F)(F)F)nc1)N1C2CC3NN=CC3C1c1cc(Cl)ccc12. The molecule has 1 fully saturated rings. The molecule has 152 valence electrons. The van der Waals surface area contributed by atoms with Gasteiger partial charge in [-0.25, -0.2) is 8.42 Å². The summed E-state index contributed by atoms with van der Waals surface area (Å²) < 4.78 is 66.7. The van der Waals surface area contributed by atoms with Gasteiger partial charge in [0.2, 0.25) is 10.0 Å². The van der Waals surface area contributed by atoms with Crippen molar-refractivity contribution in [1.29, 1.82) is 0 Å². The Morgan fingerprint density at radius 2 is 1.97 bits per heavy atom. The molecule has 5 rings (SSSR count). The zero-order valence-electron chi connectivity index (χ0n) is 14.6. The number of hydrogen-bond acceptors (Lipinski definition) is 5.